The highest BCUT2D eigenvalue weighted by Crippen LogP contribution is 2.31. The van der Waals surface area contributed by atoms with Gasteiger partial charge in [-0.25, -0.2) is 0 Å². The fourth-order valence-electron chi connectivity index (χ4n) is 2.02. The van der Waals surface area contributed by atoms with Crippen LogP contribution in [0.5, 0.6) is 5.75 Å². The molecule has 0 spiro atoms. The number of carbonyl (C=O) groups excluding carboxylic acids is 1. The van der Waals surface area contributed by atoms with Crippen molar-refractivity contribution in [2.75, 3.05) is 5.32 Å². The first kappa shape index (κ1) is 15.8. The number of nitrogens with zero attached hydrogens (tertiary/aromatic N) is 1. The third-order valence-corrected chi connectivity index (χ3v) is 2.93. The van der Waals surface area contributed by atoms with Gasteiger partial charge >= 0.3 is 0 Å². The molecule has 3 N–H and O–H groups in total. The van der Waals surface area contributed by atoms with E-state index in [-0.39, 0.29) is 5.60 Å². The molecule has 2 aromatic rings. The molecule has 0 fully saturated rings. The molecule has 5 nitrogen and oxygen atoms in total. The third-order valence-electron chi connectivity index (χ3n) is 2.93. The van der Waals surface area contributed by atoms with E-state index in [1.807, 2.05) is 39.0 Å². The van der Waals surface area contributed by atoms with Crippen molar-refractivity contribution >= 4 is 11.6 Å². The zero-order valence-electron chi connectivity index (χ0n) is 13.1. The fraction of sp³-hybridized carbons (Fsp3) is 0.294. The number of benzene rings is 1. The average molecular weight is 299 g/mol. The van der Waals surface area contributed by atoms with Crippen LogP contribution in [0, 0.1) is 0 Å². The van der Waals surface area contributed by atoms with E-state index in [0.29, 0.717) is 23.5 Å². The van der Waals surface area contributed by atoms with Crippen LogP contribution in [0.25, 0.3) is 0 Å². The summed E-state index contributed by atoms with van der Waals surface area (Å²) in [5, 5.41) is 3.25. The van der Waals surface area contributed by atoms with Crippen LogP contribution in [0.2, 0.25) is 0 Å². The molecule has 1 amide bonds. The first-order chi connectivity index (χ1) is 10.4. The molecule has 0 saturated carbocycles. The van der Waals surface area contributed by atoms with Gasteiger partial charge in [0.25, 0.3) is 5.91 Å². The van der Waals surface area contributed by atoms with Gasteiger partial charge in [0.2, 0.25) is 0 Å². The number of ether oxygens (including phenoxy) is 1. The summed E-state index contributed by atoms with van der Waals surface area (Å²) in [6.45, 7) is 6.41. The lowest BCUT2D eigenvalue weighted by Crippen LogP contribution is -2.24. The number of carbonyl (C=O) groups is 1. The molecule has 0 bridgehead atoms. The number of rotatable bonds is 5. The zero-order chi connectivity index (χ0) is 16.2. The Labute approximate surface area is 130 Å². The van der Waals surface area contributed by atoms with Gasteiger partial charge in [-0.3, -0.25) is 9.78 Å². The highest BCUT2D eigenvalue weighted by molar-refractivity contribution is 5.99. The number of amides is 1. The number of hydrogen-bond acceptors (Lipinski definition) is 4. The van der Waals surface area contributed by atoms with Gasteiger partial charge in [-0.05, 0) is 50.6 Å². The molecular formula is C17H21N3O2. The van der Waals surface area contributed by atoms with Gasteiger partial charge in [0, 0.05) is 18.9 Å². The van der Waals surface area contributed by atoms with Crippen molar-refractivity contribution < 1.29 is 9.53 Å². The predicted octanol–water partition coefficient (Wildman–Crippen LogP) is 2.97. The standard InChI is InChI=1S/C17H21N3O2/c1-17(2,3)22-14-6-4-5-13(16(18)21)15(14)20-11-12-7-9-19-10-8-12/h4-10,20H,11H2,1-3H3,(H2,18,21). The molecule has 1 heterocycles. The fourth-order valence-corrected chi connectivity index (χ4v) is 2.02. The van der Waals surface area contributed by atoms with Gasteiger partial charge in [0.05, 0.1) is 11.3 Å². The van der Waals surface area contributed by atoms with Gasteiger partial charge in [0.15, 0.2) is 0 Å². The summed E-state index contributed by atoms with van der Waals surface area (Å²) < 4.78 is 5.93. The summed E-state index contributed by atoms with van der Waals surface area (Å²) in [6.07, 6.45) is 3.45. The van der Waals surface area contributed by atoms with Crippen molar-refractivity contribution in [3.8, 4) is 5.75 Å². The van der Waals surface area contributed by atoms with Crippen molar-refractivity contribution in [3.05, 3.63) is 53.9 Å². The van der Waals surface area contributed by atoms with Gasteiger partial charge in [-0.2, -0.15) is 0 Å². The lowest BCUT2D eigenvalue weighted by atomic mass is 10.1. The molecule has 1 aromatic carbocycles. The summed E-state index contributed by atoms with van der Waals surface area (Å²) in [6, 6.07) is 9.09. The van der Waals surface area contributed by atoms with Gasteiger partial charge in [0.1, 0.15) is 11.4 Å². The lowest BCUT2D eigenvalue weighted by molar-refractivity contribution is 0.0998. The Hall–Kier alpha value is -2.56. The average Bonchev–Trinajstić information content (AvgIpc) is 2.45. The van der Waals surface area contributed by atoms with Gasteiger partial charge in [-0.1, -0.05) is 6.07 Å². The summed E-state index contributed by atoms with van der Waals surface area (Å²) in [7, 11) is 0. The highest BCUT2D eigenvalue weighted by Gasteiger charge is 2.18. The third kappa shape index (κ3) is 4.22. The topological polar surface area (TPSA) is 77.2 Å². The minimum absolute atomic E-state index is 0.372. The van der Waals surface area contributed by atoms with Crippen LogP contribution < -0.4 is 15.8 Å². The van der Waals surface area contributed by atoms with Crippen LogP contribution in [0.15, 0.2) is 42.7 Å². The highest BCUT2D eigenvalue weighted by atomic mass is 16.5. The van der Waals surface area contributed by atoms with Gasteiger partial charge < -0.3 is 15.8 Å². The van der Waals surface area contributed by atoms with Crippen LogP contribution in [0.1, 0.15) is 36.7 Å². The molecule has 116 valence electrons. The van der Waals surface area contributed by atoms with Crippen LogP contribution in [0.4, 0.5) is 5.69 Å². The van der Waals surface area contributed by atoms with Gasteiger partial charge in [-0.15, -0.1) is 0 Å². The first-order valence-corrected chi connectivity index (χ1v) is 7.11. The maximum absolute atomic E-state index is 11.7. The molecule has 0 unspecified atom stereocenters. The molecule has 0 saturated heterocycles. The molecule has 5 heteroatoms. The van der Waals surface area contributed by atoms with E-state index in [4.69, 9.17) is 10.5 Å². The molecule has 2 rings (SSSR count). The molecule has 22 heavy (non-hydrogen) atoms. The van der Waals surface area contributed by atoms with Crippen molar-refractivity contribution in [1.29, 1.82) is 0 Å². The van der Waals surface area contributed by atoms with Crippen LogP contribution >= 0.6 is 0 Å². The summed E-state index contributed by atoms with van der Waals surface area (Å²) in [4.78, 5) is 15.7. The van der Waals surface area contributed by atoms with E-state index in [9.17, 15) is 4.79 Å². The predicted molar refractivity (Wildman–Crippen MR) is 86.9 cm³/mol. The number of pyridine rings is 1. The summed E-state index contributed by atoms with van der Waals surface area (Å²) in [5.74, 6) is 0.120. The van der Waals surface area contributed by atoms with Crippen molar-refractivity contribution in [2.45, 2.75) is 32.9 Å². The van der Waals surface area contributed by atoms with E-state index < -0.39 is 5.91 Å². The number of hydrogen-bond donors (Lipinski definition) is 2. The molecule has 0 aliphatic carbocycles. The number of nitrogens with two attached hydrogens (primary N) is 1. The van der Waals surface area contributed by atoms with Crippen molar-refractivity contribution in [3.63, 3.8) is 0 Å². The first-order valence-electron chi connectivity index (χ1n) is 7.11. The SMILES string of the molecule is CC(C)(C)Oc1cccc(C(N)=O)c1NCc1ccncc1. The van der Waals surface area contributed by atoms with E-state index in [2.05, 4.69) is 10.3 Å². The molecule has 0 aliphatic rings. The van der Waals surface area contributed by atoms with Crippen molar-refractivity contribution in [2.24, 2.45) is 5.73 Å². The number of nitrogens with one attached hydrogen (secondary N) is 1. The minimum atomic E-state index is -0.489. The largest absolute Gasteiger partial charge is 0.486 e. The number of aromatic nitrogens is 1. The maximum atomic E-state index is 11.7. The zero-order valence-corrected chi connectivity index (χ0v) is 13.1. The minimum Gasteiger partial charge on any atom is -0.486 e. The Morgan fingerprint density at radius 2 is 1.91 bits per heavy atom. The molecule has 1 aromatic heterocycles. The van der Waals surface area contributed by atoms with E-state index in [1.54, 1.807) is 24.5 Å². The number of para-hydroxylation sites is 1. The molecule has 0 radical (unpaired) electrons. The second-order valence-corrected chi connectivity index (χ2v) is 5.97. The number of primary amides is 1. The Bertz CT molecular complexity index is 649. The van der Waals surface area contributed by atoms with Crippen molar-refractivity contribution in [1.82, 2.24) is 4.98 Å². The second kappa shape index (κ2) is 6.47. The summed E-state index contributed by atoms with van der Waals surface area (Å²) >= 11 is 0. The van der Waals surface area contributed by atoms with Crippen LogP contribution in [-0.2, 0) is 6.54 Å². The Morgan fingerprint density at radius 1 is 1.23 bits per heavy atom. The Balaban J connectivity index is 2.31. The quantitative estimate of drug-likeness (QED) is 0.889. The van der Waals surface area contributed by atoms with E-state index in [1.165, 1.54) is 0 Å². The monoisotopic (exact) mass is 299 g/mol. The molecule has 0 aliphatic heterocycles. The summed E-state index contributed by atoms with van der Waals surface area (Å²) in [5.41, 5.74) is 7.18. The van der Waals surface area contributed by atoms with Crippen LogP contribution in [0.3, 0.4) is 0 Å². The maximum Gasteiger partial charge on any atom is 0.250 e. The Morgan fingerprint density at radius 3 is 2.50 bits per heavy atom. The molecule has 0 atom stereocenters. The molecular weight excluding hydrogens is 278 g/mol. The second-order valence-electron chi connectivity index (χ2n) is 5.97. The van der Waals surface area contributed by atoms with E-state index >= 15 is 0 Å². The lowest BCUT2D eigenvalue weighted by Gasteiger charge is -2.24. The van der Waals surface area contributed by atoms with Crippen LogP contribution in [-0.4, -0.2) is 16.5 Å². The Kier molecular flexibility index (Phi) is 4.65. The normalized spacial score (nSPS) is 11.0. The number of anilines is 1. The smallest absolute Gasteiger partial charge is 0.250 e. The van der Waals surface area contributed by atoms with E-state index in [0.717, 1.165) is 5.56 Å².